The topological polar surface area (TPSA) is 91.5 Å². The molecule has 0 spiro atoms. The van der Waals surface area contributed by atoms with Crippen molar-refractivity contribution >= 4 is 11.8 Å². The van der Waals surface area contributed by atoms with E-state index in [1.54, 1.807) is 0 Å². The van der Waals surface area contributed by atoms with Crippen molar-refractivity contribution in [2.24, 2.45) is 0 Å². The highest BCUT2D eigenvalue weighted by Crippen LogP contribution is 2.36. The van der Waals surface area contributed by atoms with E-state index in [1.165, 1.54) is 0 Å². The van der Waals surface area contributed by atoms with Gasteiger partial charge in [0.2, 0.25) is 11.8 Å². The Morgan fingerprint density at radius 1 is 0.681 bits per heavy atom. The summed E-state index contributed by atoms with van der Waals surface area (Å²) in [5.74, 6) is 0.532. The molecule has 47 heavy (non-hydrogen) atoms. The average molecular weight is 643 g/mol. The summed E-state index contributed by atoms with van der Waals surface area (Å²) < 4.78 is 6.04. The molecule has 1 atom stereocenters. The number of amides is 2. The van der Waals surface area contributed by atoms with Gasteiger partial charge in [-0.25, -0.2) is 0 Å². The highest BCUT2D eigenvalue weighted by atomic mass is 16.5. The molecule has 1 aliphatic rings. The van der Waals surface area contributed by atoms with Crippen LogP contribution in [0.4, 0.5) is 0 Å². The van der Waals surface area contributed by atoms with Crippen LogP contribution >= 0.6 is 0 Å². The summed E-state index contributed by atoms with van der Waals surface area (Å²) in [7, 11) is 0. The Hall–Kier alpha value is -3.94. The standard InChI is InChI=1S/C40H58N4O3/c1-3-4-5-6-7-8-9-10-11-12-13-14-15-16-17-18-19-20-24-27-37(45)43-35-34-42-33-32-41-31-29-38(46)44-39-28-30-40(2,47-39)36-25-22-21-23-26-36/h4-5,7-8,10-11,13-14,16-17,19-23,25-26,28,41-42H,3,6,9,12,15,18,24,27,29-35H2,1-2H3,(H,43,45)(H,44,46)/b5-4-,8-7-,11-10-,14-13-,17-16-,20-19-. The summed E-state index contributed by atoms with van der Waals surface area (Å²) in [6.45, 7) is 7.59. The van der Waals surface area contributed by atoms with Crippen LogP contribution in [0.3, 0.4) is 0 Å². The molecule has 7 nitrogen and oxygen atoms in total. The van der Waals surface area contributed by atoms with Gasteiger partial charge in [-0.1, -0.05) is 110 Å². The van der Waals surface area contributed by atoms with Gasteiger partial charge in [-0.15, -0.1) is 0 Å². The van der Waals surface area contributed by atoms with Crippen LogP contribution in [-0.4, -0.2) is 44.5 Å². The Kier molecular flexibility index (Phi) is 21.8. The molecular formula is C40H58N4O3. The van der Waals surface area contributed by atoms with Crippen molar-refractivity contribution in [1.29, 1.82) is 0 Å². The van der Waals surface area contributed by atoms with Gasteiger partial charge in [0.15, 0.2) is 5.88 Å². The molecule has 0 bridgehead atoms. The van der Waals surface area contributed by atoms with E-state index in [0.717, 1.165) is 70.0 Å². The van der Waals surface area contributed by atoms with Gasteiger partial charge in [-0.3, -0.25) is 14.9 Å². The largest absolute Gasteiger partial charge is 0.468 e. The molecule has 2 amide bonds. The molecule has 0 radical (unpaired) electrons. The first-order valence-electron chi connectivity index (χ1n) is 17.4. The first-order chi connectivity index (χ1) is 23.0. The third kappa shape index (κ3) is 20.0. The Bertz CT molecular complexity index is 1210. The molecule has 0 aromatic heterocycles. The number of carbonyl (C=O) groups is 2. The minimum Gasteiger partial charge on any atom is -0.468 e. The predicted octanol–water partition coefficient (Wildman–Crippen LogP) is 7.44. The number of carbonyl (C=O) groups excluding carboxylic acids is 2. The zero-order chi connectivity index (χ0) is 33.7. The SMILES string of the molecule is CC/C=C\C/C=C\C/C=C\C/C=C\C/C=C\C/C=C\CCC(=O)NCCNCCNCCC(=O)NC1=CCC(C)(c2ccccc2)O1. The maximum Gasteiger partial charge on any atom is 0.227 e. The maximum absolute atomic E-state index is 12.3. The van der Waals surface area contributed by atoms with Crippen LogP contribution in [-0.2, 0) is 19.9 Å². The van der Waals surface area contributed by atoms with Gasteiger partial charge in [0.1, 0.15) is 5.60 Å². The van der Waals surface area contributed by atoms with E-state index in [1.807, 2.05) is 43.3 Å². The van der Waals surface area contributed by atoms with Crippen molar-refractivity contribution in [2.45, 2.75) is 83.7 Å². The summed E-state index contributed by atoms with van der Waals surface area (Å²) in [6.07, 6.45) is 36.4. The zero-order valence-corrected chi connectivity index (χ0v) is 28.7. The van der Waals surface area contributed by atoms with Gasteiger partial charge in [0, 0.05) is 52.0 Å². The zero-order valence-electron chi connectivity index (χ0n) is 28.7. The minimum absolute atomic E-state index is 0.0687. The highest BCUT2D eigenvalue weighted by Gasteiger charge is 2.33. The number of ether oxygens (including phenoxy) is 1. The van der Waals surface area contributed by atoms with E-state index >= 15 is 0 Å². The monoisotopic (exact) mass is 642 g/mol. The minimum atomic E-state index is -0.442. The second-order valence-corrected chi connectivity index (χ2v) is 11.6. The summed E-state index contributed by atoms with van der Waals surface area (Å²) in [6, 6.07) is 10.0. The molecule has 1 aromatic rings. The number of nitrogens with one attached hydrogen (secondary N) is 4. The Labute approximate surface area is 284 Å². The van der Waals surface area contributed by atoms with E-state index in [4.69, 9.17) is 4.74 Å². The van der Waals surface area contributed by atoms with E-state index in [9.17, 15) is 9.59 Å². The van der Waals surface area contributed by atoms with Crippen molar-refractivity contribution in [3.8, 4) is 0 Å². The molecule has 1 unspecified atom stereocenters. The van der Waals surface area contributed by atoms with Crippen LogP contribution < -0.4 is 21.3 Å². The number of benzene rings is 1. The predicted molar refractivity (Wildman–Crippen MR) is 197 cm³/mol. The van der Waals surface area contributed by atoms with Crippen LogP contribution in [0.25, 0.3) is 0 Å². The van der Waals surface area contributed by atoms with Crippen molar-refractivity contribution in [2.75, 3.05) is 32.7 Å². The van der Waals surface area contributed by atoms with E-state index in [-0.39, 0.29) is 11.8 Å². The summed E-state index contributed by atoms with van der Waals surface area (Å²) >= 11 is 0. The van der Waals surface area contributed by atoms with Crippen LogP contribution in [0.2, 0.25) is 0 Å². The highest BCUT2D eigenvalue weighted by molar-refractivity contribution is 5.77. The third-order valence-corrected chi connectivity index (χ3v) is 7.43. The lowest BCUT2D eigenvalue weighted by Crippen LogP contribution is -2.35. The maximum atomic E-state index is 12.3. The molecule has 0 aliphatic carbocycles. The van der Waals surface area contributed by atoms with Crippen molar-refractivity contribution in [3.63, 3.8) is 0 Å². The van der Waals surface area contributed by atoms with E-state index < -0.39 is 5.60 Å². The lowest BCUT2D eigenvalue weighted by atomic mass is 9.94. The molecule has 2 rings (SSSR count). The van der Waals surface area contributed by atoms with Gasteiger partial charge >= 0.3 is 0 Å². The summed E-state index contributed by atoms with van der Waals surface area (Å²) in [5, 5.41) is 12.4. The fourth-order valence-corrected chi connectivity index (χ4v) is 4.72. The Morgan fingerprint density at radius 2 is 1.21 bits per heavy atom. The molecule has 7 heteroatoms. The van der Waals surface area contributed by atoms with Crippen molar-refractivity contribution in [3.05, 3.63) is 121 Å². The van der Waals surface area contributed by atoms with Gasteiger partial charge in [0.25, 0.3) is 0 Å². The molecule has 1 heterocycles. The molecule has 4 N–H and O–H groups in total. The third-order valence-electron chi connectivity index (χ3n) is 7.43. The lowest BCUT2D eigenvalue weighted by molar-refractivity contribution is -0.122. The van der Waals surface area contributed by atoms with Gasteiger partial charge < -0.3 is 20.7 Å². The van der Waals surface area contributed by atoms with Gasteiger partial charge in [-0.05, 0) is 63.5 Å². The first-order valence-corrected chi connectivity index (χ1v) is 17.4. The first kappa shape index (κ1) is 39.2. The normalized spacial score (nSPS) is 16.8. The fraction of sp³-hybridized carbons (Fsp3) is 0.450. The molecule has 0 saturated heterocycles. The molecule has 1 aromatic carbocycles. The van der Waals surface area contributed by atoms with Crippen LogP contribution in [0.1, 0.15) is 83.6 Å². The number of allylic oxidation sites excluding steroid dienone is 12. The molecule has 1 aliphatic heterocycles. The van der Waals surface area contributed by atoms with E-state index in [0.29, 0.717) is 38.4 Å². The van der Waals surface area contributed by atoms with Gasteiger partial charge in [-0.2, -0.15) is 0 Å². The Morgan fingerprint density at radius 3 is 1.81 bits per heavy atom. The average Bonchev–Trinajstić information content (AvgIpc) is 3.46. The number of rotatable bonds is 25. The number of hydrogen-bond acceptors (Lipinski definition) is 5. The van der Waals surface area contributed by atoms with Crippen molar-refractivity contribution < 1.29 is 14.3 Å². The molecule has 256 valence electrons. The second kappa shape index (κ2) is 26.2. The quantitative estimate of drug-likeness (QED) is 0.0657. The molecule has 0 saturated carbocycles. The van der Waals surface area contributed by atoms with Gasteiger partial charge in [0.05, 0.1) is 0 Å². The summed E-state index contributed by atoms with van der Waals surface area (Å²) in [4.78, 5) is 24.3. The lowest BCUT2D eigenvalue weighted by Gasteiger charge is -2.25. The van der Waals surface area contributed by atoms with Crippen LogP contribution in [0.5, 0.6) is 0 Å². The smallest absolute Gasteiger partial charge is 0.227 e. The Balaban J connectivity index is 1.35. The summed E-state index contributed by atoms with van der Waals surface area (Å²) in [5.41, 5.74) is 0.650. The molecular weight excluding hydrogens is 584 g/mol. The fourth-order valence-electron chi connectivity index (χ4n) is 4.72. The molecule has 0 fully saturated rings. The number of hydrogen-bond donors (Lipinski definition) is 4. The van der Waals surface area contributed by atoms with Crippen LogP contribution in [0, 0.1) is 0 Å². The second-order valence-electron chi connectivity index (χ2n) is 11.6. The van der Waals surface area contributed by atoms with Crippen LogP contribution in [0.15, 0.2) is 115 Å². The van der Waals surface area contributed by atoms with Crippen molar-refractivity contribution in [1.82, 2.24) is 21.3 Å². The van der Waals surface area contributed by atoms with E-state index in [2.05, 4.69) is 101 Å².